The van der Waals surface area contributed by atoms with Crippen LogP contribution in [0, 0.1) is 0 Å². The van der Waals surface area contributed by atoms with Crippen molar-refractivity contribution in [3.63, 3.8) is 0 Å². The quantitative estimate of drug-likeness (QED) is 0.862. The van der Waals surface area contributed by atoms with Crippen LogP contribution in [0.2, 0.25) is 5.15 Å². The normalized spacial score (nSPS) is 9.89. The molecule has 1 N–H and O–H groups in total. The number of nitrogens with one attached hydrogen (secondary N) is 1. The van der Waals surface area contributed by atoms with Gasteiger partial charge in [-0.15, -0.1) is 0 Å². The van der Waals surface area contributed by atoms with Crippen molar-refractivity contribution in [3.05, 3.63) is 47.7 Å². The number of aromatic nitrogens is 1. The summed E-state index contributed by atoms with van der Waals surface area (Å²) in [6.07, 6.45) is 1.54. The molecule has 0 saturated heterocycles. The Bertz CT molecular complexity index is 555. The molecule has 0 atom stereocenters. The lowest BCUT2D eigenvalue weighted by molar-refractivity contribution is -0.114. The van der Waals surface area contributed by atoms with Gasteiger partial charge in [-0.2, -0.15) is 0 Å². The van der Waals surface area contributed by atoms with Crippen LogP contribution in [0.15, 0.2) is 42.6 Å². The van der Waals surface area contributed by atoms with Crippen molar-refractivity contribution in [1.82, 2.24) is 4.98 Å². The van der Waals surface area contributed by atoms with Crippen molar-refractivity contribution in [2.75, 3.05) is 5.32 Å². The SMILES string of the molecule is CC(=O)Nc1cccc(Oc2ccc(Cl)nc2)c1. The summed E-state index contributed by atoms with van der Waals surface area (Å²) in [6, 6.07) is 10.5. The van der Waals surface area contributed by atoms with Gasteiger partial charge in [0.1, 0.15) is 16.7 Å². The lowest BCUT2D eigenvalue weighted by atomic mass is 10.3. The van der Waals surface area contributed by atoms with E-state index in [0.717, 1.165) is 0 Å². The Morgan fingerprint density at radius 2 is 2.11 bits per heavy atom. The summed E-state index contributed by atoms with van der Waals surface area (Å²) in [7, 11) is 0. The molecule has 18 heavy (non-hydrogen) atoms. The third kappa shape index (κ3) is 3.46. The lowest BCUT2D eigenvalue weighted by Gasteiger charge is -2.07. The second-order valence-electron chi connectivity index (χ2n) is 3.63. The molecular weight excluding hydrogens is 252 g/mol. The first-order valence-corrected chi connectivity index (χ1v) is 5.68. The molecule has 0 radical (unpaired) electrons. The predicted octanol–water partition coefficient (Wildman–Crippen LogP) is 3.49. The van der Waals surface area contributed by atoms with Gasteiger partial charge >= 0.3 is 0 Å². The van der Waals surface area contributed by atoms with E-state index in [4.69, 9.17) is 16.3 Å². The van der Waals surface area contributed by atoms with Gasteiger partial charge in [-0.25, -0.2) is 4.98 Å². The lowest BCUT2D eigenvalue weighted by Crippen LogP contribution is -2.05. The molecule has 92 valence electrons. The van der Waals surface area contributed by atoms with E-state index in [1.165, 1.54) is 13.1 Å². The fourth-order valence-electron chi connectivity index (χ4n) is 1.40. The van der Waals surface area contributed by atoms with E-state index in [1.807, 2.05) is 0 Å². The third-order valence-electron chi connectivity index (χ3n) is 2.09. The van der Waals surface area contributed by atoms with Gasteiger partial charge in [-0.05, 0) is 24.3 Å². The van der Waals surface area contributed by atoms with Gasteiger partial charge in [-0.1, -0.05) is 17.7 Å². The molecule has 5 heteroatoms. The molecule has 0 bridgehead atoms. The number of hydrogen-bond donors (Lipinski definition) is 1. The zero-order valence-electron chi connectivity index (χ0n) is 9.68. The predicted molar refractivity (Wildman–Crippen MR) is 70.1 cm³/mol. The first kappa shape index (κ1) is 12.4. The van der Waals surface area contributed by atoms with E-state index in [1.54, 1.807) is 36.4 Å². The molecule has 1 aromatic heterocycles. The summed E-state index contributed by atoms with van der Waals surface area (Å²) < 4.78 is 5.58. The van der Waals surface area contributed by atoms with E-state index in [9.17, 15) is 4.79 Å². The number of pyridine rings is 1. The van der Waals surface area contributed by atoms with E-state index >= 15 is 0 Å². The van der Waals surface area contributed by atoms with E-state index < -0.39 is 0 Å². The highest BCUT2D eigenvalue weighted by molar-refractivity contribution is 6.29. The van der Waals surface area contributed by atoms with Gasteiger partial charge in [0.2, 0.25) is 5.91 Å². The molecule has 1 heterocycles. The summed E-state index contributed by atoms with van der Waals surface area (Å²) in [5.74, 6) is 1.07. The number of amides is 1. The topological polar surface area (TPSA) is 51.2 Å². The van der Waals surface area contributed by atoms with Gasteiger partial charge in [0.25, 0.3) is 0 Å². The molecular formula is C13H11ClN2O2. The summed E-state index contributed by atoms with van der Waals surface area (Å²) in [5.41, 5.74) is 0.682. The molecule has 4 nitrogen and oxygen atoms in total. The van der Waals surface area contributed by atoms with Crippen LogP contribution in [-0.4, -0.2) is 10.9 Å². The fourth-order valence-corrected chi connectivity index (χ4v) is 1.51. The van der Waals surface area contributed by atoms with Crippen LogP contribution in [-0.2, 0) is 4.79 Å². The average Bonchev–Trinajstić information content (AvgIpc) is 2.32. The maximum Gasteiger partial charge on any atom is 0.221 e. The number of ether oxygens (including phenoxy) is 1. The van der Waals surface area contributed by atoms with E-state index in [0.29, 0.717) is 22.3 Å². The van der Waals surface area contributed by atoms with Gasteiger partial charge in [0.05, 0.1) is 6.20 Å². The highest BCUT2D eigenvalue weighted by atomic mass is 35.5. The Morgan fingerprint density at radius 3 is 2.78 bits per heavy atom. The summed E-state index contributed by atoms with van der Waals surface area (Å²) in [4.78, 5) is 14.9. The number of benzene rings is 1. The fraction of sp³-hybridized carbons (Fsp3) is 0.0769. The van der Waals surface area contributed by atoms with Crippen LogP contribution in [0.1, 0.15) is 6.92 Å². The minimum Gasteiger partial charge on any atom is -0.456 e. The van der Waals surface area contributed by atoms with Crippen LogP contribution < -0.4 is 10.1 Å². The van der Waals surface area contributed by atoms with E-state index in [-0.39, 0.29) is 5.91 Å². The minimum atomic E-state index is -0.125. The maximum atomic E-state index is 10.9. The molecule has 0 unspecified atom stereocenters. The highest BCUT2D eigenvalue weighted by Crippen LogP contribution is 2.24. The summed E-state index contributed by atoms with van der Waals surface area (Å²) in [6.45, 7) is 1.46. The second kappa shape index (κ2) is 5.51. The first-order valence-electron chi connectivity index (χ1n) is 5.30. The highest BCUT2D eigenvalue weighted by Gasteiger charge is 2.01. The minimum absolute atomic E-state index is 0.125. The van der Waals surface area contributed by atoms with Crippen LogP contribution in [0.5, 0.6) is 11.5 Å². The first-order chi connectivity index (χ1) is 8.63. The number of nitrogens with zero attached hydrogens (tertiary/aromatic N) is 1. The molecule has 0 aliphatic rings. The number of rotatable bonds is 3. The summed E-state index contributed by atoms with van der Waals surface area (Å²) in [5, 5.41) is 3.10. The smallest absolute Gasteiger partial charge is 0.221 e. The maximum absolute atomic E-state index is 10.9. The van der Waals surface area contributed by atoms with Crippen molar-refractivity contribution in [1.29, 1.82) is 0 Å². The van der Waals surface area contributed by atoms with Gasteiger partial charge in [0, 0.05) is 18.7 Å². The zero-order valence-corrected chi connectivity index (χ0v) is 10.4. The number of halogens is 1. The second-order valence-corrected chi connectivity index (χ2v) is 4.01. The number of hydrogen-bond acceptors (Lipinski definition) is 3. The molecule has 0 fully saturated rings. The average molecular weight is 263 g/mol. The molecule has 0 saturated carbocycles. The van der Waals surface area contributed by atoms with Gasteiger partial charge < -0.3 is 10.1 Å². The van der Waals surface area contributed by atoms with Crippen molar-refractivity contribution in [3.8, 4) is 11.5 Å². The molecule has 1 amide bonds. The van der Waals surface area contributed by atoms with Crippen molar-refractivity contribution >= 4 is 23.2 Å². The van der Waals surface area contributed by atoms with Crippen LogP contribution >= 0.6 is 11.6 Å². The van der Waals surface area contributed by atoms with Crippen molar-refractivity contribution in [2.24, 2.45) is 0 Å². The van der Waals surface area contributed by atoms with Crippen molar-refractivity contribution < 1.29 is 9.53 Å². The molecule has 2 rings (SSSR count). The molecule has 1 aromatic carbocycles. The molecule has 0 aliphatic heterocycles. The van der Waals surface area contributed by atoms with Crippen LogP contribution in [0.4, 0.5) is 5.69 Å². The van der Waals surface area contributed by atoms with E-state index in [2.05, 4.69) is 10.3 Å². The Kier molecular flexibility index (Phi) is 3.79. The molecule has 0 aliphatic carbocycles. The van der Waals surface area contributed by atoms with Gasteiger partial charge in [-0.3, -0.25) is 4.79 Å². The Morgan fingerprint density at radius 1 is 1.28 bits per heavy atom. The Balaban J connectivity index is 2.13. The van der Waals surface area contributed by atoms with Crippen LogP contribution in [0.3, 0.4) is 0 Å². The third-order valence-corrected chi connectivity index (χ3v) is 2.31. The molecule has 0 spiro atoms. The number of carbonyl (C=O) groups is 1. The van der Waals surface area contributed by atoms with Crippen LogP contribution in [0.25, 0.3) is 0 Å². The van der Waals surface area contributed by atoms with Gasteiger partial charge in [0.15, 0.2) is 0 Å². The Labute approximate surface area is 110 Å². The number of anilines is 1. The monoisotopic (exact) mass is 262 g/mol. The number of carbonyl (C=O) groups excluding carboxylic acids is 1. The van der Waals surface area contributed by atoms with Crippen molar-refractivity contribution in [2.45, 2.75) is 6.92 Å². The Hall–Kier alpha value is -2.07. The molecule has 2 aromatic rings. The summed E-state index contributed by atoms with van der Waals surface area (Å²) >= 11 is 5.68. The zero-order chi connectivity index (χ0) is 13.0. The standard InChI is InChI=1S/C13H11ClN2O2/c1-9(17)16-10-3-2-4-11(7-10)18-12-5-6-13(14)15-8-12/h2-8H,1H3,(H,16,17). The largest absolute Gasteiger partial charge is 0.456 e.